The molecular weight excluding hydrogens is 338 g/mol. The standard InChI is InChI=1S/C23H23NO3/c1-17(24-23(26)16-13-19-7-5-6-10-22(19)25)18-11-14-21(15-12-18)27-20-8-3-2-4-9-20/h2-12,14-15,17,25H,13,16H2,1H3,(H,24,26). The molecule has 0 heterocycles. The van der Waals surface area contributed by atoms with Crippen LogP contribution in [0, 0.1) is 0 Å². The maximum atomic E-state index is 12.2. The summed E-state index contributed by atoms with van der Waals surface area (Å²) in [5.41, 5.74) is 1.79. The van der Waals surface area contributed by atoms with Crippen LogP contribution in [-0.2, 0) is 11.2 Å². The van der Waals surface area contributed by atoms with Crippen molar-refractivity contribution in [1.82, 2.24) is 5.32 Å². The van der Waals surface area contributed by atoms with Crippen LogP contribution in [0.1, 0.15) is 30.5 Å². The van der Waals surface area contributed by atoms with Crippen LogP contribution in [0.5, 0.6) is 17.2 Å². The SMILES string of the molecule is CC(NC(=O)CCc1ccccc1O)c1ccc(Oc2ccccc2)cc1. The topological polar surface area (TPSA) is 58.6 Å². The van der Waals surface area contributed by atoms with Crippen molar-refractivity contribution in [2.45, 2.75) is 25.8 Å². The minimum Gasteiger partial charge on any atom is -0.508 e. The quantitative estimate of drug-likeness (QED) is 0.623. The number of rotatable bonds is 7. The van der Waals surface area contributed by atoms with Crippen molar-refractivity contribution < 1.29 is 14.6 Å². The summed E-state index contributed by atoms with van der Waals surface area (Å²) in [5, 5.41) is 12.8. The first-order valence-corrected chi connectivity index (χ1v) is 9.01. The molecule has 0 aliphatic carbocycles. The highest BCUT2D eigenvalue weighted by atomic mass is 16.5. The first-order valence-electron chi connectivity index (χ1n) is 9.01. The van der Waals surface area contributed by atoms with Gasteiger partial charge in [-0.05, 0) is 54.8 Å². The van der Waals surface area contributed by atoms with E-state index in [-0.39, 0.29) is 17.7 Å². The first-order chi connectivity index (χ1) is 13.1. The number of benzene rings is 3. The van der Waals surface area contributed by atoms with Gasteiger partial charge >= 0.3 is 0 Å². The van der Waals surface area contributed by atoms with E-state index in [9.17, 15) is 9.90 Å². The van der Waals surface area contributed by atoms with E-state index in [2.05, 4.69) is 5.32 Å². The lowest BCUT2D eigenvalue weighted by molar-refractivity contribution is -0.121. The number of amides is 1. The molecule has 1 atom stereocenters. The second-order valence-corrected chi connectivity index (χ2v) is 6.40. The molecule has 4 heteroatoms. The average molecular weight is 361 g/mol. The van der Waals surface area contributed by atoms with Crippen LogP contribution < -0.4 is 10.1 Å². The fraction of sp³-hybridized carbons (Fsp3) is 0.174. The van der Waals surface area contributed by atoms with E-state index in [1.54, 1.807) is 12.1 Å². The molecule has 0 spiro atoms. The molecule has 3 aromatic rings. The van der Waals surface area contributed by atoms with Crippen LogP contribution in [-0.4, -0.2) is 11.0 Å². The van der Waals surface area contributed by atoms with Crippen LogP contribution in [0.4, 0.5) is 0 Å². The van der Waals surface area contributed by atoms with E-state index >= 15 is 0 Å². The molecule has 3 aromatic carbocycles. The van der Waals surface area contributed by atoms with Gasteiger partial charge in [0.25, 0.3) is 0 Å². The second kappa shape index (κ2) is 8.90. The van der Waals surface area contributed by atoms with Gasteiger partial charge in [0.2, 0.25) is 5.91 Å². The number of aryl methyl sites for hydroxylation is 1. The van der Waals surface area contributed by atoms with E-state index in [0.29, 0.717) is 12.8 Å². The summed E-state index contributed by atoms with van der Waals surface area (Å²) in [6.45, 7) is 1.95. The molecule has 0 aliphatic heterocycles. The Morgan fingerprint density at radius 1 is 0.926 bits per heavy atom. The summed E-state index contributed by atoms with van der Waals surface area (Å²) < 4.78 is 5.78. The highest BCUT2D eigenvalue weighted by molar-refractivity contribution is 5.76. The van der Waals surface area contributed by atoms with Gasteiger partial charge in [0, 0.05) is 6.42 Å². The van der Waals surface area contributed by atoms with Gasteiger partial charge in [-0.1, -0.05) is 48.5 Å². The number of phenols is 1. The largest absolute Gasteiger partial charge is 0.508 e. The number of hydrogen-bond donors (Lipinski definition) is 2. The van der Waals surface area contributed by atoms with Crippen molar-refractivity contribution in [2.75, 3.05) is 0 Å². The van der Waals surface area contributed by atoms with Crippen molar-refractivity contribution in [3.8, 4) is 17.2 Å². The maximum Gasteiger partial charge on any atom is 0.220 e. The molecule has 27 heavy (non-hydrogen) atoms. The molecule has 0 aliphatic rings. The summed E-state index contributed by atoms with van der Waals surface area (Å²) in [7, 11) is 0. The Morgan fingerprint density at radius 2 is 1.56 bits per heavy atom. The molecule has 1 amide bonds. The van der Waals surface area contributed by atoms with Crippen LogP contribution in [0.2, 0.25) is 0 Å². The molecule has 4 nitrogen and oxygen atoms in total. The fourth-order valence-corrected chi connectivity index (χ4v) is 2.82. The number of ether oxygens (including phenoxy) is 1. The summed E-state index contributed by atoms with van der Waals surface area (Å²) in [4.78, 5) is 12.2. The van der Waals surface area contributed by atoms with E-state index in [0.717, 1.165) is 22.6 Å². The van der Waals surface area contributed by atoms with Gasteiger partial charge in [0.1, 0.15) is 17.2 Å². The van der Waals surface area contributed by atoms with Crippen LogP contribution >= 0.6 is 0 Å². The zero-order valence-electron chi connectivity index (χ0n) is 15.3. The van der Waals surface area contributed by atoms with Crippen molar-refractivity contribution in [1.29, 1.82) is 0 Å². The molecule has 0 radical (unpaired) electrons. The van der Waals surface area contributed by atoms with Crippen LogP contribution in [0.3, 0.4) is 0 Å². The number of para-hydroxylation sites is 2. The van der Waals surface area contributed by atoms with Crippen LogP contribution in [0.15, 0.2) is 78.9 Å². The Kier molecular flexibility index (Phi) is 6.10. The van der Waals surface area contributed by atoms with Crippen molar-refractivity contribution in [3.05, 3.63) is 90.0 Å². The van der Waals surface area contributed by atoms with Gasteiger partial charge in [-0.25, -0.2) is 0 Å². The number of nitrogens with one attached hydrogen (secondary N) is 1. The summed E-state index contributed by atoms with van der Waals surface area (Å²) in [6.07, 6.45) is 0.839. The summed E-state index contributed by atoms with van der Waals surface area (Å²) >= 11 is 0. The van der Waals surface area contributed by atoms with E-state index < -0.39 is 0 Å². The van der Waals surface area contributed by atoms with Crippen molar-refractivity contribution in [3.63, 3.8) is 0 Å². The van der Waals surface area contributed by atoms with E-state index in [4.69, 9.17) is 4.74 Å². The lowest BCUT2D eigenvalue weighted by Crippen LogP contribution is -2.26. The molecule has 1 unspecified atom stereocenters. The number of carbonyl (C=O) groups excluding carboxylic acids is 1. The molecule has 0 saturated heterocycles. The Hall–Kier alpha value is -3.27. The molecule has 2 N–H and O–H groups in total. The predicted octanol–water partition coefficient (Wildman–Crippen LogP) is 4.99. The van der Waals surface area contributed by atoms with E-state index in [1.807, 2.05) is 73.7 Å². The van der Waals surface area contributed by atoms with Gasteiger partial charge in [-0.3, -0.25) is 4.79 Å². The summed E-state index contributed by atoms with van der Waals surface area (Å²) in [5.74, 6) is 1.72. The zero-order chi connectivity index (χ0) is 19.1. The summed E-state index contributed by atoms with van der Waals surface area (Å²) in [6, 6.07) is 24.3. The average Bonchev–Trinajstić information content (AvgIpc) is 2.69. The maximum absolute atomic E-state index is 12.2. The van der Waals surface area contributed by atoms with Gasteiger partial charge < -0.3 is 15.2 Å². The van der Waals surface area contributed by atoms with Gasteiger partial charge in [-0.2, -0.15) is 0 Å². The third kappa shape index (κ3) is 5.35. The van der Waals surface area contributed by atoms with Gasteiger partial charge in [0.05, 0.1) is 6.04 Å². The lowest BCUT2D eigenvalue weighted by Gasteiger charge is -2.15. The molecule has 0 bridgehead atoms. The molecular formula is C23H23NO3. The molecule has 0 saturated carbocycles. The zero-order valence-corrected chi connectivity index (χ0v) is 15.3. The second-order valence-electron chi connectivity index (χ2n) is 6.40. The van der Waals surface area contributed by atoms with Gasteiger partial charge in [-0.15, -0.1) is 0 Å². The third-order valence-corrected chi connectivity index (χ3v) is 4.35. The Labute approximate surface area is 159 Å². The smallest absolute Gasteiger partial charge is 0.220 e. The number of phenolic OH excluding ortho intramolecular Hbond substituents is 1. The Bertz CT molecular complexity index is 876. The van der Waals surface area contributed by atoms with Crippen molar-refractivity contribution in [2.24, 2.45) is 0 Å². The molecule has 3 rings (SSSR count). The number of carbonyl (C=O) groups is 1. The monoisotopic (exact) mass is 361 g/mol. The van der Waals surface area contributed by atoms with Gasteiger partial charge in [0.15, 0.2) is 0 Å². The molecule has 138 valence electrons. The number of hydrogen-bond acceptors (Lipinski definition) is 3. The third-order valence-electron chi connectivity index (χ3n) is 4.35. The fourth-order valence-electron chi connectivity index (χ4n) is 2.82. The predicted molar refractivity (Wildman–Crippen MR) is 106 cm³/mol. The minimum absolute atomic E-state index is 0.0460. The molecule has 0 aromatic heterocycles. The normalized spacial score (nSPS) is 11.6. The first kappa shape index (κ1) is 18.5. The Balaban J connectivity index is 1.52. The Morgan fingerprint density at radius 3 is 2.26 bits per heavy atom. The van der Waals surface area contributed by atoms with E-state index in [1.165, 1.54) is 0 Å². The molecule has 0 fully saturated rings. The van der Waals surface area contributed by atoms with Crippen LogP contribution in [0.25, 0.3) is 0 Å². The lowest BCUT2D eigenvalue weighted by atomic mass is 10.1. The van der Waals surface area contributed by atoms with Crippen molar-refractivity contribution >= 4 is 5.91 Å². The highest BCUT2D eigenvalue weighted by Gasteiger charge is 2.11. The minimum atomic E-state index is -0.104. The number of aromatic hydroxyl groups is 1. The highest BCUT2D eigenvalue weighted by Crippen LogP contribution is 2.23.